The van der Waals surface area contributed by atoms with Gasteiger partial charge in [0, 0.05) is 17.2 Å². The van der Waals surface area contributed by atoms with E-state index >= 15 is 0 Å². The Morgan fingerprint density at radius 3 is 2.48 bits per heavy atom. The second kappa shape index (κ2) is 7.45. The molecule has 0 aromatic heterocycles. The molecule has 0 amide bonds. The molecule has 2 aromatic carbocycles. The van der Waals surface area contributed by atoms with Crippen LogP contribution in [0.1, 0.15) is 35.3 Å². The number of benzene rings is 2. The Morgan fingerprint density at radius 1 is 1.07 bits per heavy atom. The minimum atomic E-state index is -0.456. The molecule has 140 valence electrons. The van der Waals surface area contributed by atoms with Gasteiger partial charge in [0.1, 0.15) is 17.2 Å². The third-order valence-corrected chi connectivity index (χ3v) is 4.17. The highest BCUT2D eigenvalue weighted by atomic mass is 16.7. The Balaban J connectivity index is 1.87. The number of rotatable bonds is 5. The predicted molar refractivity (Wildman–Crippen MR) is 101 cm³/mol. The largest absolute Gasteiger partial charge is 0.508 e. The van der Waals surface area contributed by atoms with Crippen LogP contribution in [-0.4, -0.2) is 27.9 Å². The monoisotopic (exact) mass is 368 g/mol. The Morgan fingerprint density at radius 2 is 1.78 bits per heavy atom. The van der Waals surface area contributed by atoms with E-state index in [9.17, 15) is 20.1 Å². The molecule has 1 heterocycles. The van der Waals surface area contributed by atoms with Gasteiger partial charge in [0.2, 0.25) is 6.79 Å². The van der Waals surface area contributed by atoms with E-state index in [0.717, 1.165) is 5.57 Å². The molecule has 1 aliphatic heterocycles. The Labute approximate surface area is 156 Å². The average Bonchev–Trinajstić information content (AvgIpc) is 3.06. The van der Waals surface area contributed by atoms with Crippen LogP contribution in [0.2, 0.25) is 0 Å². The van der Waals surface area contributed by atoms with Crippen molar-refractivity contribution in [2.45, 2.75) is 20.3 Å². The highest BCUT2D eigenvalue weighted by molar-refractivity contribution is 6.09. The van der Waals surface area contributed by atoms with Gasteiger partial charge in [0.15, 0.2) is 17.3 Å². The molecule has 0 spiro atoms. The molecule has 0 saturated carbocycles. The molecule has 3 N–H and O–H groups in total. The molecule has 6 nitrogen and oxygen atoms in total. The number of hydrogen-bond donors (Lipinski definition) is 3. The maximum absolute atomic E-state index is 12.5. The lowest BCUT2D eigenvalue weighted by molar-refractivity contribution is 0.104. The quantitative estimate of drug-likeness (QED) is 0.420. The van der Waals surface area contributed by atoms with Gasteiger partial charge in [0.25, 0.3) is 0 Å². The van der Waals surface area contributed by atoms with Crippen LogP contribution in [0.5, 0.6) is 28.7 Å². The van der Waals surface area contributed by atoms with Gasteiger partial charge >= 0.3 is 0 Å². The van der Waals surface area contributed by atoms with Gasteiger partial charge in [-0.3, -0.25) is 4.79 Å². The summed E-state index contributed by atoms with van der Waals surface area (Å²) in [5, 5.41) is 30.4. The number of ether oxygens (including phenoxy) is 2. The summed E-state index contributed by atoms with van der Waals surface area (Å²) in [6.45, 7) is 3.89. The summed E-state index contributed by atoms with van der Waals surface area (Å²) in [6.07, 6.45) is 4.84. The Hall–Kier alpha value is -3.41. The minimum Gasteiger partial charge on any atom is -0.508 e. The standard InChI is InChI=1S/C21H20O6/c1-12(2)3-5-14-17(23)8-6-15(21(14)25)16(22)7-4-13-9-19-20(10-18(13)24)27-11-26-19/h3-4,6-10,23-25H,5,11H2,1-2H3/b7-4+. The number of carbonyl (C=O) groups is 1. The van der Waals surface area contributed by atoms with Crippen LogP contribution in [0.3, 0.4) is 0 Å². The summed E-state index contributed by atoms with van der Waals surface area (Å²) in [5.74, 6) is 0.0916. The van der Waals surface area contributed by atoms with Crippen LogP contribution < -0.4 is 9.47 Å². The van der Waals surface area contributed by atoms with E-state index in [1.54, 1.807) is 6.07 Å². The lowest BCUT2D eigenvalue weighted by Crippen LogP contribution is -1.98. The second-order valence-corrected chi connectivity index (χ2v) is 6.41. The van der Waals surface area contributed by atoms with Crippen molar-refractivity contribution < 1.29 is 29.6 Å². The van der Waals surface area contributed by atoms with Crippen LogP contribution in [0.15, 0.2) is 42.0 Å². The summed E-state index contributed by atoms with van der Waals surface area (Å²) in [4.78, 5) is 12.5. The molecular formula is C21H20O6. The molecule has 3 rings (SSSR count). The fourth-order valence-electron chi connectivity index (χ4n) is 2.67. The van der Waals surface area contributed by atoms with Crippen molar-refractivity contribution in [3.63, 3.8) is 0 Å². The number of hydrogen-bond acceptors (Lipinski definition) is 6. The normalized spacial score (nSPS) is 12.4. The molecular weight excluding hydrogens is 348 g/mol. The molecule has 0 bridgehead atoms. The van der Waals surface area contributed by atoms with Crippen LogP contribution in [0, 0.1) is 0 Å². The second-order valence-electron chi connectivity index (χ2n) is 6.41. The predicted octanol–water partition coefficient (Wildman–Crippen LogP) is 3.94. The molecule has 0 radical (unpaired) electrons. The third kappa shape index (κ3) is 3.89. The van der Waals surface area contributed by atoms with Crippen LogP contribution in [-0.2, 0) is 6.42 Å². The van der Waals surface area contributed by atoms with E-state index in [-0.39, 0.29) is 29.6 Å². The van der Waals surface area contributed by atoms with Crippen molar-refractivity contribution in [3.05, 3.63) is 58.7 Å². The molecule has 0 aliphatic carbocycles. The lowest BCUT2D eigenvalue weighted by atomic mass is 10.0. The van der Waals surface area contributed by atoms with Gasteiger partial charge in [-0.05, 0) is 50.6 Å². The smallest absolute Gasteiger partial charge is 0.231 e. The molecule has 1 aliphatic rings. The fraction of sp³-hybridized carbons (Fsp3) is 0.190. The molecule has 27 heavy (non-hydrogen) atoms. The first-order valence-corrected chi connectivity index (χ1v) is 8.39. The van der Waals surface area contributed by atoms with Crippen molar-refractivity contribution in [2.24, 2.45) is 0 Å². The van der Waals surface area contributed by atoms with E-state index < -0.39 is 5.78 Å². The number of allylic oxidation sites excluding steroid dienone is 3. The van der Waals surface area contributed by atoms with Crippen LogP contribution >= 0.6 is 0 Å². The molecule has 6 heteroatoms. The van der Waals surface area contributed by atoms with Gasteiger partial charge in [-0.2, -0.15) is 0 Å². The lowest BCUT2D eigenvalue weighted by Gasteiger charge is -2.09. The number of carbonyl (C=O) groups excluding carboxylic acids is 1. The Kier molecular flexibility index (Phi) is 5.07. The number of ketones is 1. The van der Waals surface area contributed by atoms with Crippen LogP contribution in [0.25, 0.3) is 6.08 Å². The fourth-order valence-corrected chi connectivity index (χ4v) is 2.67. The molecule has 0 fully saturated rings. The minimum absolute atomic E-state index is 0.0533. The first-order chi connectivity index (χ1) is 12.9. The van der Waals surface area contributed by atoms with Gasteiger partial charge in [0.05, 0.1) is 5.56 Å². The van der Waals surface area contributed by atoms with E-state index in [4.69, 9.17) is 9.47 Å². The van der Waals surface area contributed by atoms with E-state index in [1.807, 2.05) is 19.9 Å². The van der Waals surface area contributed by atoms with Crippen molar-refractivity contribution in [2.75, 3.05) is 6.79 Å². The van der Waals surface area contributed by atoms with E-state index in [1.165, 1.54) is 30.4 Å². The van der Waals surface area contributed by atoms with Gasteiger partial charge in [-0.15, -0.1) is 0 Å². The zero-order chi connectivity index (χ0) is 19.6. The summed E-state index contributed by atoms with van der Waals surface area (Å²) in [7, 11) is 0. The van der Waals surface area contributed by atoms with Gasteiger partial charge in [-0.25, -0.2) is 0 Å². The average molecular weight is 368 g/mol. The van der Waals surface area contributed by atoms with Crippen molar-refractivity contribution in [3.8, 4) is 28.7 Å². The molecule has 2 aromatic rings. The summed E-state index contributed by atoms with van der Waals surface area (Å²) in [6, 6.07) is 5.73. The highest BCUT2D eigenvalue weighted by Crippen LogP contribution is 2.38. The zero-order valence-corrected chi connectivity index (χ0v) is 15.0. The molecule has 0 unspecified atom stereocenters. The first kappa shape index (κ1) is 18.4. The van der Waals surface area contributed by atoms with Crippen molar-refractivity contribution >= 4 is 11.9 Å². The topological polar surface area (TPSA) is 96.2 Å². The highest BCUT2D eigenvalue weighted by Gasteiger charge is 2.18. The molecule has 0 atom stereocenters. The summed E-state index contributed by atoms with van der Waals surface area (Å²) >= 11 is 0. The third-order valence-electron chi connectivity index (χ3n) is 4.17. The summed E-state index contributed by atoms with van der Waals surface area (Å²) < 4.78 is 10.4. The van der Waals surface area contributed by atoms with Crippen LogP contribution in [0.4, 0.5) is 0 Å². The Bertz CT molecular complexity index is 952. The number of aromatic hydroxyl groups is 3. The first-order valence-electron chi connectivity index (χ1n) is 8.39. The number of phenolic OH excluding ortho intramolecular Hbond substituents is 3. The van der Waals surface area contributed by atoms with Gasteiger partial charge in [-0.1, -0.05) is 11.6 Å². The zero-order valence-electron chi connectivity index (χ0n) is 15.0. The van der Waals surface area contributed by atoms with E-state index in [2.05, 4.69) is 0 Å². The number of phenols is 3. The summed E-state index contributed by atoms with van der Waals surface area (Å²) in [5.41, 5.74) is 1.78. The number of fused-ring (bicyclic) bond motifs is 1. The SMILES string of the molecule is CC(C)=CCc1c(O)ccc(C(=O)/C=C/c2cc3c(cc2O)OCO3)c1O. The maximum atomic E-state index is 12.5. The van der Waals surface area contributed by atoms with Gasteiger partial charge < -0.3 is 24.8 Å². The van der Waals surface area contributed by atoms with E-state index in [0.29, 0.717) is 29.0 Å². The van der Waals surface area contributed by atoms with Crippen molar-refractivity contribution in [1.29, 1.82) is 0 Å². The molecule has 0 saturated heterocycles. The maximum Gasteiger partial charge on any atom is 0.231 e. The van der Waals surface area contributed by atoms with Crippen molar-refractivity contribution in [1.82, 2.24) is 0 Å².